The van der Waals surface area contributed by atoms with Crippen LogP contribution in [0.4, 0.5) is 0 Å². The topological polar surface area (TPSA) is 48.9 Å². The zero-order valence-corrected chi connectivity index (χ0v) is 8.71. The van der Waals surface area contributed by atoms with E-state index in [-0.39, 0.29) is 6.61 Å². The molecule has 1 saturated carbocycles. The summed E-state index contributed by atoms with van der Waals surface area (Å²) >= 11 is 0. The molecule has 0 unspecified atom stereocenters. The molecule has 0 spiro atoms. The van der Waals surface area contributed by atoms with Crippen molar-refractivity contribution in [3.63, 3.8) is 0 Å². The number of aryl methyl sites for hydroxylation is 1. The molecule has 1 fully saturated rings. The summed E-state index contributed by atoms with van der Waals surface area (Å²) in [6.07, 6.45) is 6.18. The van der Waals surface area contributed by atoms with Crippen LogP contribution in [0, 0.1) is 0 Å². The van der Waals surface area contributed by atoms with E-state index in [0.29, 0.717) is 5.92 Å². The molecule has 0 atom stereocenters. The highest BCUT2D eigenvalue weighted by Crippen LogP contribution is 2.34. The van der Waals surface area contributed by atoms with Crippen molar-refractivity contribution in [3.05, 3.63) is 17.2 Å². The summed E-state index contributed by atoms with van der Waals surface area (Å²) in [7, 11) is 0. The molecule has 0 bridgehead atoms. The molecule has 1 aromatic rings. The predicted octanol–water partition coefficient (Wildman–Crippen LogP) is 2.12. The Balaban J connectivity index is 2.25. The average Bonchev–Trinajstić information content (AvgIpc) is 2.85. The van der Waals surface area contributed by atoms with Crippen molar-refractivity contribution in [2.24, 2.45) is 0 Å². The number of nitrogens with one attached hydrogen (secondary N) is 1. The Morgan fingerprint density at radius 2 is 2.14 bits per heavy atom. The second kappa shape index (κ2) is 4.13. The largest absolute Gasteiger partial charge is 0.388 e. The first kappa shape index (κ1) is 9.71. The minimum absolute atomic E-state index is 0.0275. The zero-order chi connectivity index (χ0) is 9.97. The normalized spacial score (nSPS) is 17.9. The van der Waals surface area contributed by atoms with Crippen LogP contribution in [0.3, 0.4) is 0 Å². The van der Waals surface area contributed by atoms with Crippen LogP contribution < -0.4 is 0 Å². The first-order valence-corrected chi connectivity index (χ1v) is 5.53. The number of aliphatic hydroxyl groups excluding tert-OH is 1. The lowest BCUT2D eigenvalue weighted by Gasteiger charge is -2.06. The van der Waals surface area contributed by atoms with E-state index in [0.717, 1.165) is 12.2 Å². The van der Waals surface area contributed by atoms with Gasteiger partial charge in [-0.15, -0.1) is 0 Å². The summed E-state index contributed by atoms with van der Waals surface area (Å²) in [4.78, 5) is 7.67. The van der Waals surface area contributed by atoms with Crippen LogP contribution in [0.1, 0.15) is 55.7 Å². The lowest BCUT2D eigenvalue weighted by atomic mass is 10.0. The molecule has 3 nitrogen and oxygen atoms in total. The number of hydrogen-bond donors (Lipinski definition) is 2. The minimum atomic E-state index is 0.0275. The SMILES string of the molecule is CCc1[nH]c(CO)nc1C1CCCC1. The Labute approximate surface area is 84.6 Å². The lowest BCUT2D eigenvalue weighted by molar-refractivity contribution is 0.272. The first-order chi connectivity index (χ1) is 6.85. The van der Waals surface area contributed by atoms with E-state index in [1.807, 2.05) is 0 Å². The van der Waals surface area contributed by atoms with Crippen molar-refractivity contribution < 1.29 is 5.11 Å². The number of imidazole rings is 1. The van der Waals surface area contributed by atoms with Crippen LogP contribution in [0.25, 0.3) is 0 Å². The van der Waals surface area contributed by atoms with Gasteiger partial charge in [0.25, 0.3) is 0 Å². The van der Waals surface area contributed by atoms with Crippen LogP contribution in [0.2, 0.25) is 0 Å². The maximum atomic E-state index is 9.02. The smallest absolute Gasteiger partial charge is 0.132 e. The van der Waals surface area contributed by atoms with Gasteiger partial charge in [-0.05, 0) is 19.3 Å². The Morgan fingerprint density at radius 1 is 1.43 bits per heavy atom. The van der Waals surface area contributed by atoms with Gasteiger partial charge >= 0.3 is 0 Å². The number of aliphatic hydroxyl groups is 1. The van der Waals surface area contributed by atoms with Crippen molar-refractivity contribution >= 4 is 0 Å². The molecule has 3 heteroatoms. The molecule has 1 aromatic heterocycles. The Morgan fingerprint density at radius 3 is 2.71 bits per heavy atom. The van der Waals surface area contributed by atoms with Gasteiger partial charge in [-0.1, -0.05) is 19.8 Å². The van der Waals surface area contributed by atoms with Gasteiger partial charge in [0.1, 0.15) is 12.4 Å². The lowest BCUT2D eigenvalue weighted by Crippen LogP contribution is -1.97. The molecule has 2 rings (SSSR count). The third kappa shape index (κ3) is 1.69. The highest BCUT2D eigenvalue weighted by atomic mass is 16.3. The number of aromatic amines is 1. The maximum Gasteiger partial charge on any atom is 0.132 e. The molecule has 1 aliphatic rings. The average molecular weight is 194 g/mol. The van der Waals surface area contributed by atoms with Crippen molar-refractivity contribution in [2.45, 2.75) is 51.6 Å². The standard InChI is InChI=1S/C11H18N2O/c1-2-9-11(8-5-3-4-6-8)13-10(7-14)12-9/h8,14H,2-7H2,1H3,(H,12,13). The molecule has 0 saturated heterocycles. The van der Waals surface area contributed by atoms with Gasteiger partial charge in [-0.25, -0.2) is 4.98 Å². The Hall–Kier alpha value is -0.830. The molecule has 0 aromatic carbocycles. The quantitative estimate of drug-likeness (QED) is 0.774. The van der Waals surface area contributed by atoms with E-state index in [2.05, 4.69) is 16.9 Å². The highest BCUT2D eigenvalue weighted by molar-refractivity contribution is 5.20. The van der Waals surface area contributed by atoms with Crippen LogP contribution in [0.5, 0.6) is 0 Å². The summed E-state index contributed by atoms with van der Waals surface area (Å²) < 4.78 is 0. The minimum Gasteiger partial charge on any atom is -0.388 e. The molecular formula is C11H18N2O. The predicted molar refractivity (Wildman–Crippen MR) is 55.1 cm³/mol. The van der Waals surface area contributed by atoms with E-state index < -0.39 is 0 Å². The van der Waals surface area contributed by atoms with E-state index >= 15 is 0 Å². The summed E-state index contributed by atoms with van der Waals surface area (Å²) in [5.41, 5.74) is 2.44. The number of H-pyrrole nitrogens is 1. The highest BCUT2D eigenvalue weighted by Gasteiger charge is 2.22. The van der Waals surface area contributed by atoms with Gasteiger partial charge in [-0.2, -0.15) is 0 Å². The molecule has 78 valence electrons. The monoisotopic (exact) mass is 194 g/mol. The molecule has 14 heavy (non-hydrogen) atoms. The fourth-order valence-corrected chi connectivity index (χ4v) is 2.36. The van der Waals surface area contributed by atoms with Gasteiger partial charge in [0, 0.05) is 11.6 Å². The molecule has 1 heterocycles. The van der Waals surface area contributed by atoms with Crippen molar-refractivity contribution in [2.75, 3.05) is 0 Å². The molecule has 0 aliphatic heterocycles. The van der Waals surface area contributed by atoms with Crippen LogP contribution in [-0.4, -0.2) is 15.1 Å². The van der Waals surface area contributed by atoms with E-state index in [1.54, 1.807) is 0 Å². The first-order valence-electron chi connectivity index (χ1n) is 5.53. The summed E-state index contributed by atoms with van der Waals surface area (Å²) in [6.45, 7) is 2.16. The zero-order valence-electron chi connectivity index (χ0n) is 8.71. The van der Waals surface area contributed by atoms with Gasteiger partial charge in [0.05, 0.1) is 5.69 Å². The van der Waals surface area contributed by atoms with E-state index in [1.165, 1.54) is 37.1 Å². The van der Waals surface area contributed by atoms with Gasteiger partial charge < -0.3 is 10.1 Å². The van der Waals surface area contributed by atoms with Crippen LogP contribution in [-0.2, 0) is 13.0 Å². The van der Waals surface area contributed by atoms with Crippen molar-refractivity contribution in [3.8, 4) is 0 Å². The second-order valence-electron chi connectivity index (χ2n) is 4.04. The van der Waals surface area contributed by atoms with Crippen molar-refractivity contribution in [1.29, 1.82) is 0 Å². The fourth-order valence-electron chi connectivity index (χ4n) is 2.36. The summed E-state index contributed by atoms with van der Waals surface area (Å²) in [6, 6.07) is 0. The van der Waals surface area contributed by atoms with Crippen LogP contribution in [0.15, 0.2) is 0 Å². The van der Waals surface area contributed by atoms with E-state index in [9.17, 15) is 0 Å². The second-order valence-corrected chi connectivity index (χ2v) is 4.04. The summed E-state index contributed by atoms with van der Waals surface area (Å²) in [5.74, 6) is 1.37. The van der Waals surface area contributed by atoms with Crippen molar-refractivity contribution in [1.82, 2.24) is 9.97 Å². The molecule has 0 radical (unpaired) electrons. The number of nitrogens with zero attached hydrogens (tertiary/aromatic N) is 1. The third-order valence-corrected chi connectivity index (χ3v) is 3.10. The number of aromatic nitrogens is 2. The number of hydrogen-bond acceptors (Lipinski definition) is 2. The maximum absolute atomic E-state index is 9.02. The molecular weight excluding hydrogens is 176 g/mol. The molecule has 2 N–H and O–H groups in total. The van der Waals surface area contributed by atoms with Gasteiger partial charge in [-0.3, -0.25) is 0 Å². The Bertz CT molecular complexity index is 300. The van der Waals surface area contributed by atoms with E-state index in [4.69, 9.17) is 5.11 Å². The van der Waals surface area contributed by atoms with Crippen LogP contribution >= 0.6 is 0 Å². The third-order valence-electron chi connectivity index (χ3n) is 3.10. The summed E-state index contributed by atoms with van der Waals surface area (Å²) in [5, 5.41) is 9.02. The molecule has 1 aliphatic carbocycles. The van der Waals surface area contributed by atoms with Gasteiger partial charge in [0.2, 0.25) is 0 Å². The number of rotatable bonds is 3. The Kier molecular flexibility index (Phi) is 2.87. The fraction of sp³-hybridized carbons (Fsp3) is 0.727. The van der Waals surface area contributed by atoms with Gasteiger partial charge in [0.15, 0.2) is 0 Å². The molecule has 0 amide bonds.